The van der Waals surface area contributed by atoms with Crippen LogP contribution in [0.1, 0.15) is 32.0 Å². The van der Waals surface area contributed by atoms with Crippen LogP contribution in [0.3, 0.4) is 0 Å². The monoisotopic (exact) mass is 271 g/mol. The van der Waals surface area contributed by atoms with Crippen molar-refractivity contribution in [2.75, 3.05) is 11.4 Å². The summed E-state index contributed by atoms with van der Waals surface area (Å²) in [5, 5.41) is 8.98. The molecule has 0 radical (unpaired) electrons. The zero-order chi connectivity index (χ0) is 14.3. The van der Waals surface area contributed by atoms with Gasteiger partial charge in [0.25, 0.3) is 5.91 Å². The quantitative estimate of drug-likeness (QED) is 0.911. The third kappa shape index (κ3) is 1.97. The van der Waals surface area contributed by atoms with E-state index in [1.165, 1.54) is 12.3 Å². The second kappa shape index (κ2) is 4.52. The summed E-state index contributed by atoms with van der Waals surface area (Å²) in [6.07, 6.45) is 2.11. The lowest BCUT2D eigenvalue weighted by molar-refractivity contribution is 0.0696. The molecule has 0 saturated carbocycles. The van der Waals surface area contributed by atoms with Crippen LogP contribution in [-0.2, 0) is 6.42 Å². The number of hydrogen-bond acceptors (Lipinski definition) is 3. The molecule has 1 aliphatic rings. The van der Waals surface area contributed by atoms with E-state index in [2.05, 4.69) is 0 Å². The van der Waals surface area contributed by atoms with Gasteiger partial charge in [0, 0.05) is 12.2 Å². The molecule has 0 bridgehead atoms. The molecule has 0 atom stereocenters. The van der Waals surface area contributed by atoms with Crippen molar-refractivity contribution in [3.8, 4) is 0 Å². The van der Waals surface area contributed by atoms with Crippen molar-refractivity contribution >= 4 is 17.6 Å². The number of nitrogens with zero attached hydrogens (tertiary/aromatic N) is 1. The van der Waals surface area contributed by atoms with E-state index >= 15 is 0 Å². The topological polar surface area (TPSA) is 70.8 Å². The Bertz CT molecular complexity index is 702. The van der Waals surface area contributed by atoms with Crippen molar-refractivity contribution in [3.63, 3.8) is 0 Å². The lowest BCUT2D eigenvalue weighted by Crippen LogP contribution is -2.28. The zero-order valence-corrected chi connectivity index (χ0v) is 10.9. The number of benzene rings is 1. The molecule has 1 aliphatic heterocycles. The van der Waals surface area contributed by atoms with Gasteiger partial charge in [-0.2, -0.15) is 0 Å². The van der Waals surface area contributed by atoms with Crippen molar-refractivity contribution in [2.45, 2.75) is 13.3 Å². The number of carbonyl (C=O) groups is 2. The van der Waals surface area contributed by atoms with E-state index in [0.717, 1.165) is 11.3 Å². The SMILES string of the molecule is Cc1cc(C(=O)N2CCc3cc(C(=O)O)ccc32)co1. The van der Waals surface area contributed by atoms with Gasteiger partial charge in [0.05, 0.1) is 11.1 Å². The molecule has 5 heteroatoms. The molecular formula is C15H13NO4. The standard InChI is InChI=1S/C15H13NO4/c1-9-6-12(8-20-9)14(17)16-5-4-10-7-11(15(18)19)2-3-13(10)16/h2-3,6-8H,4-5H2,1H3,(H,18,19). The molecule has 1 amide bonds. The maximum Gasteiger partial charge on any atom is 0.335 e. The van der Waals surface area contributed by atoms with Crippen molar-refractivity contribution in [1.82, 2.24) is 0 Å². The molecule has 3 rings (SSSR count). The fourth-order valence-electron chi connectivity index (χ4n) is 2.46. The van der Waals surface area contributed by atoms with E-state index in [-0.39, 0.29) is 11.5 Å². The van der Waals surface area contributed by atoms with Gasteiger partial charge in [-0.3, -0.25) is 4.79 Å². The first-order chi connectivity index (χ1) is 9.56. The molecular weight excluding hydrogens is 258 g/mol. The summed E-state index contributed by atoms with van der Waals surface area (Å²) in [6.45, 7) is 2.34. The van der Waals surface area contributed by atoms with E-state index in [9.17, 15) is 9.59 Å². The molecule has 1 aromatic heterocycles. The highest BCUT2D eigenvalue weighted by Gasteiger charge is 2.27. The molecule has 0 fully saturated rings. The van der Waals surface area contributed by atoms with Crippen LogP contribution in [0.25, 0.3) is 0 Å². The third-order valence-electron chi connectivity index (χ3n) is 3.44. The van der Waals surface area contributed by atoms with Crippen molar-refractivity contribution in [2.24, 2.45) is 0 Å². The van der Waals surface area contributed by atoms with Crippen LogP contribution in [0, 0.1) is 6.92 Å². The number of aryl methyl sites for hydroxylation is 1. The third-order valence-corrected chi connectivity index (χ3v) is 3.44. The minimum Gasteiger partial charge on any atom is -0.478 e. The lowest BCUT2D eigenvalue weighted by Gasteiger charge is -2.16. The van der Waals surface area contributed by atoms with Crippen LogP contribution in [0.4, 0.5) is 5.69 Å². The second-order valence-corrected chi connectivity index (χ2v) is 4.80. The fourth-order valence-corrected chi connectivity index (χ4v) is 2.46. The molecule has 2 heterocycles. The van der Waals surface area contributed by atoms with Crippen LogP contribution in [0.2, 0.25) is 0 Å². The number of carbonyl (C=O) groups excluding carboxylic acids is 1. The summed E-state index contributed by atoms with van der Waals surface area (Å²) in [4.78, 5) is 25.0. The number of anilines is 1. The molecule has 1 N–H and O–H groups in total. The fraction of sp³-hybridized carbons (Fsp3) is 0.200. The normalized spacial score (nSPS) is 13.3. The number of hydrogen-bond donors (Lipinski definition) is 1. The van der Waals surface area contributed by atoms with Gasteiger partial charge in [-0.25, -0.2) is 4.79 Å². The summed E-state index contributed by atoms with van der Waals surface area (Å²) >= 11 is 0. The van der Waals surface area contributed by atoms with Gasteiger partial charge in [0.2, 0.25) is 0 Å². The predicted molar refractivity (Wildman–Crippen MR) is 72.2 cm³/mol. The summed E-state index contributed by atoms with van der Waals surface area (Å²) in [6, 6.07) is 6.54. The van der Waals surface area contributed by atoms with Crippen LogP contribution in [-0.4, -0.2) is 23.5 Å². The van der Waals surface area contributed by atoms with Gasteiger partial charge in [-0.1, -0.05) is 0 Å². The van der Waals surface area contributed by atoms with Crippen LogP contribution in [0.5, 0.6) is 0 Å². The Labute approximate surface area is 115 Å². The van der Waals surface area contributed by atoms with Crippen LogP contribution >= 0.6 is 0 Å². The Kier molecular flexibility index (Phi) is 2.82. The Morgan fingerprint density at radius 3 is 2.70 bits per heavy atom. The summed E-state index contributed by atoms with van der Waals surface area (Å²) in [5.41, 5.74) is 2.42. The first-order valence-corrected chi connectivity index (χ1v) is 6.29. The predicted octanol–water partition coefficient (Wildman–Crippen LogP) is 2.49. The average molecular weight is 271 g/mol. The average Bonchev–Trinajstić information content (AvgIpc) is 3.03. The number of furan rings is 1. The van der Waals surface area contributed by atoms with Gasteiger partial charge < -0.3 is 14.4 Å². The lowest BCUT2D eigenvalue weighted by atomic mass is 10.1. The van der Waals surface area contributed by atoms with Gasteiger partial charge in [-0.15, -0.1) is 0 Å². The summed E-state index contributed by atoms with van der Waals surface area (Å²) < 4.78 is 5.16. The molecule has 0 unspecified atom stereocenters. The number of aromatic carboxylic acids is 1. The highest BCUT2D eigenvalue weighted by molar-refractivity contribution is 6.07. The van der Waals surface area contributed by atoms with Crippen LogP contribution in [0.15, 0.2) is 34.9 Å². The molecule has 2 aromatic rings. The first-order valence-electron chi connectivity index (χ1n) is 6.29. The Balaban J connectivity index is 1.93. The minimum atomic E-state index is -0.956. The smallest absolute Gasteiger partial charge is 0.335 e. The molecule has 0 spiro atoms. The zero-order valence-electron chi connectivity index (χ0n) is 10.9. The van der Waals surface area contributed by atoms with E-state index in [1.54, 1.807) is 30.0 Å². The van der Waals surface area contributed by atoms with Crippen LogP contribution < -0.4 is 4.90 Å². The Morgan fingerprint density at radius 1 is 1.25 bits per heavy atom. The molecule has 0 saturated heterocycles. The van der Waals surface area contributed by atoms with E-state index in [4.69, 9.17) is 9.52 Å². The van der Waals surface area contributed by atoms with Crippen molar-refractivity contribution in [3.05, 3.63) is 53.0 Å². The molecule has 5 nitrogen and oxygen atoms in total. The van der Waals surface area contributed by atoms with Gasteiger partial charge in [0.1, 0.15) is 12.0 Å². The van der Waals surface area contributed by atoms with Gasteiger partial charge in [0.15, 0.2) is 0 Å². The van der Waals surface area contributed by atoms with E-state index < -0.39 is 5.97 Å². The Morgan fingerprint density at radius 2 is 2.05 bits per heavy atom. The van der Waals surface area contributed by atoms with E-state index in [0.29, 0.717) is 24.3 Å². The Hall–Kier alpha value is -2.56. The number of amides is 1. The first kappa shape index (κ1) is 12.5. The van der Waals surface area contributed by atoms with Gasteiger partial charge in [-0.05, 0) is 43.2 Å². The number of rotatable bonds is 2. The summed E-state index contributed by atoms with van der Waals surface area (Å²) in [5.74, 6) is -0.388. The molecule has 1 aromatic carbocycles. The summed E-state index contributed by atoms with van der Waals surface area (Å²) in [7, 11) is 0. The largest absolute Gasteiger partial charge is 0.478 e. The highest BCUT2D eigenvalue weighted by atomic mass is 16.4. The highest BCUT2D eigenvalue weighted by Crippen LogP contribution is 2.30. The molecule has 0 aliphatic carbocycles. The van der Waals surface area contributed by atoms with E-state index in [1.807, 2.05) is 0 Å². The minimum absolute atomic E-state index is 0.122. The van der Waals surface area contributed by atoms with Gasteiger partial charge >= 0.3 is 5.97 Å². The van der Waals surface area contributed by atoms with Crippen molar-refractivity contribution < 1.29 is 19.1 Å². The number of carboxylic acids is 1. The number of fused-ring (bicyclic) bond motifs is 1. The maximum absolute atomic E-state index is 12.4. The molecule has 20 heavy (non-hydrogen) atoms. The molecule has 102 valence electrons. The maximum atomic E-state index is 12.4. The van der Waals surface area contributed by atoms with Crippen molar-refractivity contribution in [1.29, 1.82) is 0 Å². The number of carboxylic acid groups (broad SMARTS) is 1. The second-order valence-electron chi connectivity index (χ2n) is 4.80.